The number of hydrogen-bond donors (Lipinski definition) is 0. The Kier molecular flexibility index (Phi) is 2.92. The Bertz CT molecular complexity index is 393. The van der Waals surface area contributed by atoms with E-state index in [0.29, 0.717) is 13.1 Å². The van der Waals surface area contributed by atoms with Gasteiger partial charge in [0.25, 0.3) is 0 Å². The third kappa shape index (κ3) is 1.46. The molecule has 3 heterocycles. The van der Waals surface area contributed by atoms with Gasteiger partial charge in [0.2, 0.25) is 0 Å². The molecule has 0 aromatic carbocycles. The third-order valence-corrected chi connectivity index (χ3v) is 4.68. The fourth-order valence-electron chi connectivity index (χ4n) is 3.93. The van der Waals surface area contributed by atoms with E-state index in [-0.39, 0.29) is 12.1 Å². The van der Waals surface area contributed by atoms with Crippen molar-refractivity contribution in [3.05, 3.63) is 0 Å². The van der Waals surface area contributed by atoms with Crippen molar-refractivity contribution >= 4 is 12.1 Å². The first-order chi connectivity index (χ1) is 9.16. The number of rotatable bonds is 2. The maximum absolute atomic E-state index is 12.6. The van der Waals surface area contributed by atoms with Crippen LogP contribution in [0.3, 0.4) is 0 Å². The molecule has 4 amide bonds. The van der Waals surface area contributed by atoms with E-state index in [4.69, 9.17) is 0 Å². The second-order valence-corrected chi connectivity index (χ2v) is 5.42. The van der Waals surface area contributed by atoms with Crippen LogP contribution in [0.1, 0.15) is 33.1 Å². The quantitative estimate of drug-likeness (QED) is 0.757. The first-order valence-corrected chi connectivity index (χ1v) is 7.32. The van der Waals surface area contributed by atoms with Gasteiger partial charge in [0, 0.05) is 39.1 Å². The summed E-state index contributed by atoms with van der Waals surface area (Å²) in [6.07, 6.45) is 2.94. The lowest BCUT2D eigenvalue weighted by Gasteiger charge is -2.59. The van der Waals surface area contributed by atoms with Crippen LogP contribution in [0.4, 0.5) is 9.59 Å². The van der Waals surface area contributed by atoms with Gasteiger partial charge >= 0.3 is 12.1 Å². The van der Waals surface area contributed by atoms with Crippen molar-refractivity contribution in [2.75, 3.05) is 32.7 Å². The second-order valence-electron chi connectivity index (χ2n) is 5.42. The van der Waals surface area contributed by atoms with Crippen LogP contribution in [0.15, 0.2) is 0 Å². The van der Waals surface area contributed by atoms with Crippen molar-refractivity contribution in [2.24, 2.45) is 0 Å². The Morgan fingerprint density at radius 1 is 1.00 bits per heavy atom. The summed E-state index contributed by atoms with van der Waals surface area (Å²) < 4.78 is 0. The van der Waals surface area contributed by atoms with Gasteiger partial charge in [-0.05, 0) is 26.7 Å². The molecule has 0 aliphatic carbocycles. The number of urea groups is 2. The Morgan fingerprint density at radius 3 is 2.42 bits per heavy atom. The van der Waals surface area contributed by atoms with Gasteiger partial charge in [-0.3, -0.25) is 14.7 Å². The van der Waals surface area contributed by atoms with Gasteiger partial charge in [-0.15, -0.1) is 0 Å². The molecule has 1 spiro atoms. The summed E-state index contributed by atoms with van der Waals surface area (Å²) in [5.74, 6) is -0.465. The number of nitrogens with zero attached hydrogens (tertiary/aromatic N) is 4. The number of imide groups is 1. The van der Waals surface area contributed by atoms with Crippen LogP contribution in [-0.4, -0.2) is 70.2 Å². The van der Waals surface area contributed by atoms with Crippen LogP contribution in [-0.2, 0) is 0 Å². The van der Waals surface area contributed by atoms with Crippen LogP contribution >= 0.6 is 0 Å². The van der Waals surface area contributed by atoms with Crippen molar-refractivity contribution in [1.82, 2.24) is 19.6 Å². The van der Waals surface area contributed by atoms with Gasteiger partial charge in [-0.2, -0.15) is 0 Å². The summed E-state index contributed by atoms with van der Waals surface area (Å²) in [5.41, 5.74) is 0. The molecule has 0 bridgehead atoms. The van der Waals surface area contributed by atoms with Crippen molar-refractivity contribution in [3.63, 3.8) is 0 Å². The Morgan fingerprint density at radius 2 is 1.74 bits per heavy atom. The van der Waals surface area contributed by atoms with E-state index in [9.17, 15) is 9.59 Å². The van der Waals surface area contributed by atoms with Gasteiger partial charge < -0.3 is 0 Å². The minimum absolute atomic E-state index is 0.108. The number of carbonyl (C=O) groups excluding carboxylic acids is 2. The predicted octanol–water partition coefficient (Wildman–Crippen LogP) is 1.34. The summed E-state index contributed by atoms with van der Waals surface area (Å²) in [6, 6.07) is -0.233. The molecule has 106 valence electrons. The molecule has 3 aliphatic rings. The first-order valence-electron chi connectivity index (χ1n) is 7.32. The molecule has 6 heteroatoms. The highest BCUT2D eigenvalue weighted by Gasteiger charge is 2.59. The van der Waals surface area contributed by atoms with E-state index >= 15 is 0 Å². The maximum Gasteiger partial charge on any atom is 0.331 e. The van der Waals surface area contributed by atoms with Crippen molar-refractivity contribution in [2.45, 2.75) is 38.9 Å². The SMILES string of the molecule is CCN1C(=O)N(CC)C23CCCN2CCCN3C1=O. The van der Waals surface area contributed by atoms with Crippen LogP contribution in [0.25, 0.3) is 0 Å². The maximum atomic E-state index is 12.6. The third-order valence-electron chi connectivity index (χ3n) is 4.68. The second kappa shape index (κ2) is 4.37. The largest absolute Gasteiger partial charge is 0.331 e. The van der Waals surface area contributed by atoms with E-state index in [1.54, 1.807) is 0 Å². The number of hydrogen-bond acceptors (Lipinski definition) is 3. The predicted molar refractivity (Wildman–Crippen MR) is 70.4 cm³/mol. The van der Waals surface area contributed by atoms with E-state index in [1.807, 2.05) is 23.6 Å². The molecular formula is C13H22N4O2. The first kappa shape index (κ1) is 12.7. The van der Waals surface area contributed by atoms with E-state index in [2.05, 4.69) is 4.90 Å². The average Bonchev–Trinajstić information content (AvgIpc) is 2.83. The molecule has 3 saturated heterocycles. The standard InChI is InChI=1S/C13H22N4O2/c1-3-15-11(18)16(4-2)13-7-5-8-14(13)9-6-10-17(13)12(15)19/h3-10H2,1-2H3. The van der Waals surface area contributed by atoms with Crippen LogP contribution in [0.2, 0.25) is 0 Å². The van der Waals surface area contributed by atoms with Gasteiger partial charge in [0.15, 0.2) is 5.79 Å². The van der Waals surface area contributed by atoms with Crippen LogP contribution < -0.4 is 0 Å². The minimum Gasteiger partial charge on any atom is -0.288 e. The van der Waals surface area contributed by atoms with Gasteiger partial charge in [-0.25, -0.2) is 14.5 Å². The van der Waals surface area contributed by atoms with E-state index < -0.39 is 5.79 Å². The lowest BCUT2D eigenvalue weighted by Crippen LogP contribution is -2.79. The summed E-state index contributed by atoms with van der Waals surface area (Å²) in [4.78, 5) is 32.7. The summed E-state index contributed by atoms with van der Waals surface area (Å²) >= 11 is 0. The number of amides is 4. The lowest BCUT2D eigenvalue weighted by atomic mass is 10.1. The van der Waals surface area contributed by atoms with Gasteiger partial charge in [0.1, 0.15) is 0 Å². The normalized spacial score (nSPS) is 31.8. The highest BCUT2D eigenvalue weighted by Crippen LogP contribution is 2.42. The Balaban J connectivity index is 2.06. The zero-order valence-electron chi connectivity index (χ0n) is 11.8. The molecule has 1 unspecified atom stereocenters. The Hall–Kier alpha value is -1.30. The average molecular weight is 266 g/mol. The molecule has 3 aliphatic heterocycles. The summed E-state index contributed by atoms with van der Waals surface area (Å²) in [5, 5.41) is 0. The van der Waals surface area contributed by atoms with Crippen LogP contribution in [0, 0.1) is 0 Å². The Labute approximate surface area is 113 Å². The fourth-order valence-corrected chi connectivity index (χ4v) is 3.93. The fraction of sp³-hybridized carbons (Fsp3) is 0.846. The van der Waals surface area contributed by atoms with Gasteiger partial charge in [-0.1, -0.05) is 0 Å². The summed E-state index contributed by atoms with van der Waals surface area (Å²) in [7, 11) is 0. The molecule has 0 N–H and O–H groups in total. The monoisotopic (exact) mass is 266 g/mol. The molecule has 1 atom stereocenters. The van der Waals surface area contributed by atoms with Crippen molar-refractivity contribution < 1.29 is 9.59 Å². The molecule has 19 heavy (non-hydrogen) atoms. The van der Waals surface area contributed by atoms with Crippen LogP contribution in [0.5, 0.6) is 0 Å². The molecule has 0 aromatic rings. The van der Waals surface area contributed by atoms with Crippen molar-refractivity contribution in [1.29, 1.82) is 0 Å². The topological polar surface area (TPSA) is 47.1 Å². The molecule has 0 radical (unpaired) electrons. The lowest BCUT2D eigenvalue weighted by molar-refractivity contribution is -0.145. The van der Waals surface area contributed by atoms with E-state index in [1.165, 1.54) is 4.90 Å². The molecule has 6 nitrogen and oxygen atoms in total. The highest BCUT2D eigenvalue weighted by atomic mass is 16.2. The molecule has 0 aromatic heterocycles. The number of carbonyl (C=O) groups is 2. The minimum atomic E-state index is -0.465. The zero-order chi connectivity index (χ0) is 13.6. The summed E-state index contributed by atoms with van der Waals surface area (Å²) in [6.45, 7) is 7.68. The highest BCUT2D eigenvalue weighted by molar-refractivity contribution is 5.96. The van der Waals surface area contributed by atoms with E-state index in [0.717, 1.165) is 38.9 Å². The smallest absolute Gasteiger partial charge is 0.288 e. The van der Waals surface area contributed by atoms with Crippen molar-refractivity contribution in [3.8, 4) is 0 Å². The molecule has 3 rings (SSSR count). The molecule has 0 saturated carbocycles. The zero-order valence-corrected chi connectivity index (χ0v) is 11.8. The molecule has 3 fully saturated rings. The van der Waals surface area contributed by atoms with Gasteiger partial charge in [0.05, 0.1) is 0 Å². The molecular weight excluding hydrogens is 244 g/mol.